The van der Waals surface area contributed by atoms with Gasteiger partial charge < -0.3 is 17.2 Å². The summed E-state index contributed by atoms with van der Waals surface area (Å²) in [5.74, 6) is -1.08. The molecule has 5 nitrogen and oxygen atoms in total. The molecule has 15 heavy (non-hydrogen) atoms. The summed E-state index contributed by atoms with van der Waals surface area (Å²) in [5.41, 5.74) is 16.8. The molecule has 1 aromatic rings. The summed E-state index contributed by atoms with van der Waals surface area (Å²) in [7, 11) is 0. The van der Waals surface area contributed by atoms with E-state index in [9.17, 15) is 9.59 Å². The zero-order chi connectivity index (χ0) is 11.4. The maximum absolute atomic E-state index is 11.1. The third-order valence-electron chi connectivity index (χ3n) is 2.05. The van der Waals surface area contributed by atoms with Crippen LogP contribution in [0.25, 0.3) is 0 Å². The van der Waals surface area contributed by atoms with E-state index in [1.165, 1.54) is 0 Å². The predicted molar refractivity (Wildman–Crippen MR) is 55.7 cm³/mol. The van der Waals surface area contributed by atoms with Gasteiger partial charge in [-0.25, -0.2) is 0 Å². The maximum Gasteiger partial charge on any atom is 0.249 e. The van der Waals surface area contributed by atoms with Crippen molar-refractivity contribution >= 4 is 11.8 Å². The Hall–Kier alpha value is -1.88. The van der Waals surface area contributed by atoms with Gasteiger partial charge in [-0.15, -0.1) is 0 Å². The van der Waals surface area contributed by atoms with E-state index in [0.717, 1.165) is 0 Å². The van der Waals surface area contributed by atoms with Gasteiger partial charge in [-0.1, -0.05) is 18.2 Å². The van der Waals surface area contributed by atoms with Gasteiger partial charge in [0.15, 0.2) is 0 Å². The first-order valence-electron chi connectivity index (χ1n) is 4.45. The van der Waals surface area contributed by atoms with Crippen molar-refractivity contribution in [2.24, 2.45) is 17.2 Å². The van der Waals surface area contributed by atoms with Crippen LogP contribution in [-0.4, -0.2) is 11.8 Å². The molecule has 1 rings (SSSR count). The molecule has 0 spiro atoms. The van der Waals surface area contributed by atoms with E-state index >= 15 is 0 Å². The molecule has 1 aromatic carbocycles. The summed E-state index contributed by atoms with van der Waals surface area (Å²) in [6, 6.07) is 6.04. The van der Waals surface area contributed by atoms with Gasteiger partial charge >= 0.3 is 0 Å². The van der Waals surface area contributed by atoms with Crippen LogP contribution >= 0.6 is 0 Å². The second-order valence-corrected chi connectivity index (χ2v) is 3.23. The van der Waals surface area contributed by atoms with Gasteiger partial charge in [0.1, 0.15) is 0 Å². The lowest BCUT2D eigenvalue weighted by Gasteiger charge is -2.12. The molecule has 0 heterocycles. The Balaban J connectivity index is 3.02. The molecule has 0 aliphatic rings. The van der Waals surface area contributed by atoms with Gasteiger partial charge in [-0.2, -0.15) is 0 Å². The number of carbonyl (C=O) groups excluding carboxylic acids is 2. The minimum absolute atomic E-state index is 0.00963. The summed E-state index contributed by atoms with van der Waals surface area (Å²) in [6.45, 7) is 0. The molecule has 0 bridgehead atoms. The Bertz CT molecular complexity index is 390. The molecule has 1 unspecified atom stereocenters. The monoisotopic (exact) mass is 207 g/mol. The van der Waals surface area contributed by atoms with Crippen molar-refractivity contribution in [1.29, 1.82) is 0 Å². The van der Waals surface area contributed by atoms with Crippen molar-refractivity contribution in [1.82, 2.24) is 0 Å². The Morgan fingerprint density at radius 1 is 1.20 bits per heavy atom. The topological polar surface area (TPSA) is 112 Å². The lowest BCUT2D eigenvalue weighted by Crippen LogP contribution is -2.24. The van der Waals surface area contributed by atoms with E-state index in [-0.39, 0.29) is 6.42 Å². The van der Waals surface area contributed by atoms with Crippen molar-refractivity contribution < 1.29 is 9.59 Å². The predicted octanol–water partition coefficient (Wildman–Crippen LogP) is -0.339. The largest absolute Gasteiger partial charge is 0.370 e. The van der Waals surface area contributed by atoms with E-state index in [4.69, 9.17) is 17.2 Å². The van der Waals surface area contributed by atoms with Gasteiger partial charge in [0.25, 0.3) is 0 Å². The first-order valence-corrected chi connectivity index (χ1v) is 4.45. The average Bonchev–Trinajstić information content (AvgIpc) is 2.16. The molecule has 1 atom stereocenters. The number of carbonyl (C=O) groups is 2. The lowest BCUT2D eigenvalue weighted by molar-refractivity contribution is -0.118. The van der Waals surface area contributed by atoms with Crippen LogP contribution in [0.15, 0.2) is 24.3 Å². The highest BCUT2D eigenvalue weighted by Crippen LogP contribution is 2.18. The third-order valence-corrected chi connectivity index (χ3v) is 2.05. The van der Waals surface area contributed by atoms with Crippen molar-refractivity contribution in [2.75, 3.05) is 0 Å². The van der Waals surface area contributed by atoms with Crippen molar-refractivity contribution in [3.8, 4) is 0 Å². The minimum atomic E-state index is -0.591. The smallest absolute Gasteiger partial charge is 0.249 e. The van der Waals surface area contributed by atoms with Crippen molar-refractivity contribution in [2.45, 2.75) is 12.5 Å². The number of hydrogen-bond acceptors (Lipinski definition) is 3. The molecule has 0 aliphatic heterocycles. The Labute approximate surface area is 87.2 Å². The molecule has 80 valence electrons. The molecule has 0 saturated carbocycles. The second kappa shape index (κ2) is 4.56. The Kier molecular flexibility index (Phi) is 3.41. The van der Waals surface area contributed by atoms with Crippen LogP contribution in [0.2, 0.25) is 0 Å². The van der Waals surface area contributed by atoms with Gasteiger partial charge in [0.2, 0.25) is 11.8 Å². The summed E-state index contributed by atoms with van der Waals surface area (Å²) < 4.78 is 0. The van der Waals surface area contributed by atoms with Gasteiger partial charge in [-0.3, -0.25) is 9.59 Å². The van der Waals surface area contributed by atoms with Crippen molar-refractivity contribution in [3.05, 3.63) is 35.4 Å². The van der Waals surface area contributed by atoms with Gasteiger partial charge in [-0.05, 0) is 11.6 Å². The Morgan fingerprint density at radius 2 is 1.80 bits per heavy atom. The molecule has 0 aliphatic carbocycles. The highest BCUT2D eigenvalue weighted by Gasteiger charge is 2.15. The molecule has 0 fully saturated rings. The highest BCUT2D eigenvalue weighted by molar-refractivity contribution is 5.94. The number of benzene rings is 1. The number of primary amides is 2. The van der Waals surface area contributed by atoms with Gasteiger partial charge in [0.05, 0.1) is 0 Å². The van der Waals surface area contributed by atoms with Crippen LogP contribution < -0.4 is 17.2 Å². The molecule has 6 N–H and O–H groups in total. The summed E-state index contributed by atoms with van der Waals surface area (Å²) in [5, 5.41) is 0. The standard InChI is InChI=1S/C10H13N3O2/c11-8(5-9(12)14)6-3-1-2-4-7(6)10(13)15/h1-4,8H,5,11H2,(H2,12,14)(H2,13,15). The van der Waals surface area contributed by atoms with Crippen molar-refractivity contribution in [3.63, 3.8) is 0 Å². The molecular weight excluding hydrogens is 194 g/mol. The van der Waals surface area contributed by atoms with Crippen LogP contribution in [0.4, 0.5) is 0 Å². The maximum atomic E-state index is 11.1. The fraction of sp³-hybridized carbons (Fsp3) is 0.200. The van der Waals surface area contributed by atoms with E-state index in [2.05, 4.69) is 0 Å². The first kappa shape index (κ1) is 11.2. The molecule has 5 heteroatoms. The quantitative estimate of drug-likeness (QED) is 0.627. The van der Waals surface area contributed by atoms with E-state index in [1.54, 1.807) is 24.3 Å². The van der Waals surface area contributed by atoms with E-state index in [1.807, 2.05) is 0 Å². The fourth-order valence-corrected chi connectivity index (χ4v) is 1.37. The summed E-state index contributed by atoms with van der Waals surface area (Å²) in [6.07, 6.45) is -0.00963. The lowest BCUT2D eigenvalue weighted by atomic mass is 9.98. The number of amides is 2. The van der Waals surface area contributed by atoms with Crippen LogP contribution in [0.5, 0.6) is 0 Å². The van der Waals surface area contributed by atoms with E-state index < -0.39 is 17.9 Å². The summed E-state index contributed by atoms with van der Waals surface area (Å²) in [4.78, 5) is 21.8. The third kappa shape index (κ3) is 2.78. The van der Waals surface area contributed by atoms with Gasteiger partial charge in [0, 0.05) is 18.0 Å². The average molecular weight is 207 g/mol. The molecular formula is C10H13N3O2. The SMILES string of the molecule is NC(=O)CC(N)c1ccccc1C(N)=O. The Morgan fingerprint density at radius 3 is 2.33 bits per heavy atom. The molecule has 0 saturated heterocycles. The summed E-state index contributed by atoms with van der Waals surface area (Å²) >= 11 is 0. The number of nitrogens with two attached hydrogens (primary N) is 3. The fourth-order valence-electron chi connectivity index (χ4n) is 1.37. The van der Waals surface area contributed by atoms with Crippen LogP contribution in [0.1, 0.15) is 28.4 Å². The highest BCUT2D eigenvalue weighted by atomic mass is 16.1. The van der Waals surface area contributed by atoms with E-state index in [0.29, 0.717) is 11.1 Å². The zero-order valence-electron chi connectivity index (χ0n) is 8.14. The molecule has 0 aromatic heterocycles. The molecule has 0 radical (unpaired) electrons. The van der Waals surface area contributed by atoms with Crippen LogP contribution in [-0.2, 0) is 4.79 Å². The molecule has 2 amide bonds. The zero-order valence-corrected chi connectivity index (χ0v) is 8.14. The number of hydrogen-bond donors (Lipinski definition) is 3. The second-order valence-electron chi connectivity index (χ2n) is 3.23. The number of rotatable bonds is 4. The van der Waals surface area contributed by atoms with Crippen LogP contribution in [0.3, 0.4) is 0 Å². The minimum Gasteiger partial charge on any atom is -0.370 e. The first-order chi connectivity index (χ1) is 7.02. The normalized spacial score (nSPS) is 12.1. The van der Waals surface area contributed by atoms with Crippen LogP contribution in [0, 0.1) is 0 Å².